The number of nitrogens with zero attached hydrogens (tertiary/aromatic N) is 2. The molecule has 1 unspecified atom stereocenters. The first kappa shape index (κ1) is 27.0. The summed E-state index contributed by atoms with van der Waals surface area (Å²) in [6, 6.07) is 0. The zero-order valence-electron chi connectivity index (χ0n) is 21.4. The molecule has 0 aromatic carbocycles. The third-order valence-electron chi connectivity index (χ3n) is 6.98. The van der Waals surface area contributed by atoms with Gasteiger partial charge in [-0.2, -0.15) is 5.06 Å². The Bertz CT molecular complexity index is 667. The van der Waals surface area contributed by atoms with Crippen molar-refractivity contribution in [1.29, 1.82) is 0 Å². The molecule has 185 valence electrons. The van der Waals surface area contributed by atoms with E-state index in [1.165, 1.54) is 5.06 Å². The van der Waals surface area contributed by atoms with E-state index in [1.807, 2.05) is 62.3 Å². The van der Waals surface area contributed by atoms with Crippen molar-refractivity contribution in [2.24, 2.45) is 5.92 Å². The maximum Gasteiger partial charge on any atom is 0.309 e. The van der Waals surface area contributed by atoms with E-state index in [9.17, 15) is 20.0 Å². The molecule has 0 amide bonds. The van der Waals surface area contributed by atoms with Crippen molar-refractivity contribution in [1.82, 2.24) is 10.1 Å². The van der Waals surface area contributed by atoms with Crippen LogP contribution in [0.4, 0.5) is 0 Å². The van der Waals surface area contributed by atoms with Crippen molar-refractivity contribution < 1.29 is 29.5 Å². The van der Waals surface area contributed by atoms with Gasteiger partial charge in [0.2, 0.25) is 0 Å². The average Bonchev–Trinajstić information content (AvgIpc) is 2.61. The number of rotatable bonds is 6. The van der Waals surface area contributed by atoms with Crippen LogP contribution < -0.4 is 0 Å². The van der Waals surface area contributed by atoms with Gasteiger partial charge in [0, 0.05) is 47.8 Å². The van der Waals surface area contributed by atoms with E-state index >= 15 is 0 Å². The van der Waals surface area contributed by atoms with Crippen LogP contribution in [-0.2, 0) is 24.3 Å². The predicted octanol–water partition coefficient (Wildman–Crippen LogP) is 4.27. The van der Waals surface area contributed by atoms with Crippen LogP contribution in [-0.4, -0.2) is 61.6 Å². The van der Waals surface area contributed by atoms with Gasteiger partial charge in [-0.25, -0.2) is 0 Å². The molecule has 2 saturated heterocycles. The van der Waals surface area contributed by atoms with Crippen molar-refractivity contribution >= 4 is 11.9 Å². The molecule has 0 bridgehead atoms. The van der Waals surface area contributed by atoms with Gasteiger partial charge in [0.25, 0.3) is 0 Å². The first-order chi connectivity index (χ1) is 14.4. The summed E-state index contributed by atoms with van der Waals surface area (Å²) in [4.78, 5) is 25.5. The third kappa shape index (κ3) is 6.01. The molecule has 2 aliphatic heterocycles. The Kier molecular flexibility index (Phi) is 7.77. The molecule has 1 radical (unpaired) electrons. The quantitative estimate of drug-likeness (QED) is 0.597. The number of piperidine rings is 2. The summed E-state index contributed by atoms with van der Waals surface area (Å²) >= 11 is 0. The molecular formula is C24H43N2O6. The molecular weight excluding hydrogens is 412 g/mol. The first-order valence-electron chi connectivity index (χ1n) is 11.8. The van der Waals surface area contributed by atoms with Crippen LogP contribution in [0.25, 0.3) is 0 Å². The monoisotopic (exact) mass is 455 g/mol. The number of hydrogen-bond donors (Lipinski definition) is 1. The van der Waals surface area contributed by atoms with E-state index in [2.05, 4.69) is 0 Å². The summed E-state index contributed by atoms with van der Waals surface area (Å²) in [5.74, 6) is -1.42. The van der Waals surface area contributed by atoms with Crippen LogP contribution in [0, 0.1) is 5.92 Å². The second-order valence-corrected chi connectivity index (χ2v) is 12.2. The van der Waals surface area contributed by atoms with Crippen molar-refractivity contribution in [3.8, 4) is 0 Å². The number of carbonyl (C=O) groups is 2. The molecule has 0 aliphatic carbocycles. The first-order valence-corrected chi connectivity index (χ1v) is 11.8. The summed E-state index contributed by atoms with van der Waals surface area (Å²) in [6.07, 6.45) is 1.67. The van der Waals surface area contributed by atoms with Gasteiger partial charge in [0.15, 0.2) is 0 Å². The molecule has 8 nitrogen and oxygen atoms in total. The minimum atomic E-state index is -0.628. The van der Waals surface area contributed by atoms with E-state index in [-0.39, 0.29) is 18.6 Å². The van der Waals surface area contributed by atoms with Crippen molar-refractivity contribution in [2.45, 2.75) is 135 Å². The van der Waals surface area contributed by atoms with Crippen LogP contribution in [0.5, 0.6) is 0 Å². The Hall–Kier alpha value is -1.22. The number of hydroxylamine groups is 4. The van der Waals surface area contributed by atoms with Gasteiger partial charge in [-0.1, -0.05) is 6.92 Å². The highest BCUT2D eigenvalue weighted by molar-refractivity contribution is 5.80. The molecule has 0 spiro atoms. The highest BCUT2D eigenvalue weighted by atomic mass is 16.6. The van der Waals surface area contributed by atoms with Crippen LogP contribution in [0.1, 0.15) is 101 Å². The Balaban J connectivity index is 1.96. The van der Waals surface area contributed by atoms with Gasteiger partial charge in [0.05, 0.1) is 12.3 Å². The van der Waals surface area contributed by atoms with Crippen LogP contribution in [0.2, 0.25) is 0 Å². The normalized spacial score (nSPS) is 27.0. The van der Waals surface area contributed by atoms with Crippen LogP contribution >= 0.6 is 0 Å². The van der Waals surface area contributed by atoms with Gasteiger partial charge >= 0.3 is 11.9 Å². The molecule has 1 atom stereocenters. The molecule has 2 aliphatic rings. The SMILES string of the molecule is CCC(CC(=O)OC1CC(C)(C)N([O])C(C)(C)C1)C(=O)OC1CC(C)(C)N(O)C(C)(C)C1. The van der Waals surface area contributed by atoms with Crippen molar-refractivity contribution in [3.05, 3.63) is 0 Å². The average molecular weight is 456 g/mol. The minimum Gasteiger partial charge on any atom is -0.462 e. The Morgan fingerprint density at radius 2 is 1.25 bits per heavy atom. The summed E-state index contributed by atoms with van der Waals surface area (Å²) < 4.78 is 11.5. The topological polar surface area (TPSA) is 99.2 Å². The fourth-order valence-electron chi connectivity index (χ4n) is 5.61. The summed E-state index contributed by atoms with van der Waals surface area (Å²) in [6.45, 7) is 16.9. The van der Waals surface area contributed by atoms with Gasteiger partial charge in [-0.3, -0.25) is 9.59 Å². The fourth-order valence-corrected chi connectivity index (χ4v) is 5.61. The lowest BCUT2D eigenvalue weighted by molar-refractivity contribution is -0.299. The van der Waals surface area contributed by atoms with E-state index in [1.54, 1.807) is 0 Å². The van der Waals surface area contributed by atoms with Gasteiger partial charge in [0.1, 0.15) is 12.2 Å². The lowest BCUT2D eigenvalue weighted by Gasteiger charge is -2.51. The Morgan fingerprint density at radius 1 is 0.844 bits per heavy atom. The number of esters is 2. The Morgan fingerprint density at radius 3 is 1.69 bits per heavy atom. The summed E-state index contributed by atoms with van der Waals surface area (Å²) in [5.41, 5.74) is -2.30. The van der Waals surface area contributed by atoms with E-state index < -0.39 is 40.0 Å². The minimum absolute atomic E-state index is 0.0423. The lowest BCUT2D eigenvalue weighted by Crippen LogP contribution is -2.60. The zero-order chi connectivity index (χ0) is 24.7. The molecule has 32 heavy (non-hydrogen) atoms. The predicted molar refractivity (Wildman–Crippen MR) is 119 cm³/mol. The summed E-state index contributed by atoms with van der Waals surface area (Å²) in [7, 11) is 0. The van der Waals surface area contributed by atoms with Gasteiger partial charge in [-0.15, -0.1) is 10.3 Å². The third-order valence-corrected chi connectivity index (χ3v) is 6.98. The number of ether oxygens (including phenoxy) is 2. The number of carbonyl (C=O) groups excluding carboxylic acids is 2. The molecule has 0 aromatic heterocycles. The van der Waals surface area contributed by atoms with Crippen LogP contribution in [0.15, 0.2) is 0 Å². The second kappa shape index (κ2) is 9.20. The van der Waals surface area contributed by atoms with Gasteiger partial charge < -0.3 is 14.7 Å². The molecule has 2 fully saturated rings. The fraction of sp³-hybridized carbons (Fsp3) is 0.917. The molecule has 0 aromatic rings. The molecule has 1 N–H and O–H groups in total. The van der Waals surface area contributed by atoms with E-state index in [0.29, 0.717) is 32.1 Å². The standard InChI is InChI=1S/C24H43N2O6/c1-10-16(20(28)32-18-14-23(6,7)26(30)24(8,9)15-18)11-19(27)31-17-12-21(2,3)25(29)22(4,5)13-17/h16-18,30H,10-15H2,1-9H3. The lowest BCUT2D eigenvalue weighted by atomic mass is 9.80. The van der Waals surface area contributed by atoms with Crippen LogP contribution in [0.3, 0.4) is 0 Å². The zero-order valence-corrected chi connectivity index (χ0v) is 21.4. The Labute approximate surface area is 193 Å². The second-order valence-electron chi connectivity index (χ2n) is 12.2. The molecule has 2 rings (SSSR count). The van der Waals surface area contributed by atoms with E-state index in [0.717, 1.165) is 5.06 Å². The molecule has 2 heterocycles. The molecule has 8 heteroatoms. The smallest absolute Gasteiger partial charge is 0.309 e. The maximum atomic E-state index is 12.9. The largest absolute Gasteiger partial charge is 0.462 e. The summed E-state index contributed by atoms with van der Waals surface area (Å²) in [5, 5.41) is 25.4. The molecule has 0 saturated carbocycles. The highest BCUT2D eigenvalue weighted by Crippen LogP contribution is 2.39. The number of hydrogen-bond acceptors (Lipinski definition) is 7. The van der Waals surface area contributed by atoms with Crippen molar-refractivity contribution in [2.75, 3.05) is 0 Å². The van der Waals surface area contributed by atoms with E-state index in [4.69, 9.17) is 9.47 Å². The maximum absolute atomic E-state index is 12.9. The van der Waals surface area contributed by atoms with Gasteiger partial charge in [-0.05, 0) is 61.8 Å². The highest BCUT2D eigenvalue weighted by Gasteiger charge is 2.48. The van der Waals surface area contributed by atoms with Crippen molar-refractivity contribution in [3.63, 3.8) is 0 Å².